The molecule has 3 rings (SSSR count). The van der Waals surface area contributed by atoms with Gasteiger partial charge >= 0.3 is 0 Å². The Labute approximate surface area is 125 Å². The topological polar surface area (TPSA) is 94.9 Å². The summed E-state index contributed by atoms with van der Waals surface area (Å²) in [6, 6.07) is 5.37. The van der Waals surface area contributed by atoms with Crippen LogP contribution in [0.3, 0.4) is 0 Å². The zero-order chi connectivity index (χ0) is 15.1. The van der Waals surface area contributed by atoms with E-state index in [-0.39, 0.29) is 0 Å². The van der Waals surface area contributed by atoms with Gasteiger partial charge in [-0.1, -0.05) is 17.7 Å². The minimum atomic E-state index is -1.36. The smallest absolute Gasteiger partial charge is 0.229 e. The average molecular weight is 314 g/mol. The maximum absolute atomic E-state index is 9.96. The number of aliphatic hydroxyl groups is 3. The number of ether oxygens (including phenoxy) is 2. The van der Waals surface area contributed by atoms with Crippen LogP contribution in [0.15, 0.2) is 24.4 Å². The van der Waals surface area contributed by atoms with Crippen LogP contribution in [0.25, 0.3) is 10.9 Å². The normalized spacial score (nSPS) is 33.3. The van der Waals surface area contributed by atoms with Crippen molar-refractivity contribution in [3.05, 3.63) is 29.4 Å². The van der Waals surface area contributed by atoms with Crippen LogP contribution in [0, 0.1) is 0 Å². The van der Waals surface area contributed by atoms with Gasteiger partial charge in [-0.15, -0.1) is 0 Å². The highest BCUT2D eigenvalue weighted by molar-refractivity contribution is 6.36. The maximum atomic E-state index is 9.96. The molecule has 6 nitrogen and oxygen atoms in total. The molecule has 5 atom stereocenters. The van der Waals surface area contributed by atoms with Gasteiger partial charge in [0.1, 0.15) is 24.1 Å². The first-order valence-electron chi connectivity index (χ1n) is 6.61. The minimum Gasteiger partial charge on any atom is -0.460 e. The van der Waals surface area contributed by atoms with Crippen molar-refractivity contribution in [2.24, 2.45) is 0 Å². The van der Waals surface area contributed by atoms with Gasteiger partial charge < -0.3 is 29.8 Å². The Morgan fingerprint density at radius 1 is 1.19 bits per heavy atom. The predicted molar refractivity (Wildman–Crippen MR) is 76.3 cm³/mol. The third-order valence-corrected chi connectivity index (χ3v) is 3.99. The molecule has 0 saturated carbocycles. The molecule has 1 aliphatic heterocycles. The predicted octanol–water partition coefficient (Wildman–Crippen LogP) is 1.03. The number of benzene rings is 1. The molecule has 2 heterocycles. The largest absolute Gasteiger partial charge is 0.460 e. The molecule has 2 aromatic rings. The zero-order valence-electron chi connectivity index (χ0n) is 11.2. The summed E-state index contributed by atoms with van der Waals surface area (Å²) in [6.45, 7) is 1.60. The molecule has 0 unspecified atom stereocenters. The number of nitrogens with one attached hydrogen (secondary N) is 1. The van der Waals surface area contributed by atoms with Gasteiger partial charge in [0.2, 0.25) is 6.29 Å². The van der Waals surface area contributed by atoms with Crippen molar-refractivity contribution in [3.8, 4) is 5.75 Å². The first-order valence-corrected chi connectivity index (χ1v) is 6.98. The molecular weight excluding hydrogens is 298 g/mol. The van der Waals surface area contributed by atoms with E-state index in [4.69, 9.17) is 21.1 Å². The van der Waals surface area contributed by atoms with Crippen molar-refractivity contribution in [1.29, 1.82) is 0 Å². The summed E-state index contributed by atoms with van der Waals surface area (Å²) in [6.07, 6.45) is -3.99. The van der Waals surface area contributed by atoms with E-state index < -0.39 is 30.7 Å². The van der Waals surface area contributed by atoms with Crippen LogP contribution in [0.2, 0.25) is 5.02 Å². The van der Waals surface area contributed by atoms with Gasteiger partial charge in [-0.2, -0.15) is 0 Å². The number of fused-ring (bicyclic) bond motifs is 1. The van der Waals surface area contributed by atoms with E-state index >= 15 is 0 Å². The van der Waals surface area contributed by atoms with E-state index in [1.165, 1.54) is 0 Å². The molecule has 1 saturated heterocycles. The number of aromatic amines is 1. The SMILES string of the molecule is C[C@H]1O[C@@H](Oc2c[nH]c3cccc(Cl)c23)[C@H](O)[C@@H](O)[C@@H]1O. The summed E-state index contributed by atoms with van der Waals surface area (Å²) in [5.41, 5.74) is 0.788. The number of rotatable bonds is 2. The Morgan fingerprint density at radius 3 is 2.71 bits per heavy atom. The molecule has 0 amide bonds. The zero-order valence-corrected chi connectivity index (χ0v) is 12.0. The van der Waals surface area contributed by atoms with Crippen molar-refractivity contribution in [3.63, 3.8) is 0 Å². The average Bonchev–Trinajstić information content (AvgIpc) is 2.87. The number of hydrogen-bond acceptors (Lipinski definition) is 5. The molecule has 0 spiro atoms. The van der Waals surface area contributed by atoms with E-state index in [0.29, 0.717) is 16.2 Å². The quantitative estimate of drug-likeness (QED) is 0.664. The molecule has 4 N–H and O–H groups in total. The number of aliphatic hydroxyl groups excluding tert-OH is 3. The summed E-state index contributed by atoms with van der Waals surface area (Å²) >= 11 is 6.15. The van der Waals surface area contributed by atoms with Crippen LogP contribution in [0.4, 0.5) is 0 Å². The second-order valence-electron chi connectivity index (χ2n) is 5.11. The van der Waals surface area contributed by atoms with Crippen molar-refractivity contribution in [1.82, 2.24) is 4.98 Å². The second kappa shape index (κ2) is 5.47. The van der Waals surface area contributed by atoms with E-state index in [1.807, 2.05) is 6.07 Å². The summed E-state index contributed by atoms with van der Waals surface area (Å²) in [5, 5.41) is 30.6. The standard InChI is InChI=1S/C14H16ClNO5/c1-6-11(17)12(18)13(19)14(20-6)21-9-5-16-8-4-2-3-7(15)10(8)9/h2-6,11-14,16-19H,1H3/t6-,11-,12+,13-,14+/m1/s1. The molecule has 114 valence electrons. The van der Waals surface area contributed by atoms with Crippen LogP contribution < -0.4 is 4.74 Å². The van der Waals surface area contributed by atoms with Crippen LogP contribution >= 0.6 is 11.6 Å². The Balaban J connectivity index is 1.88. The Hall–Kier alpha value is -1.31. The molecule has 1 fully saturated rings. The molecule has 0 aliphatic carbocycles. The lowest BCUT2D eigenvalue weighted by Crippen LogP contribution is -2.58. The van der Waals surface area contributed by atoms with Gasteiger partial charge in [-0.25, -0.2) is 0 Å². The lowest BCUT2D eigenvalue weighted by molar-refractivity contribution is -0.267. The highest BCUT2D eigenvalue weighted by Gasteiger charge is 2.43. The monoisotopic (exact) mass is 313 g/mol. The first kappa shape index (κ1) is 14.6. The molecule has 1 aromatic heterocycles. The lowest BCUT2D eigenvalue weighted by atomic mass is 10.00. The van der Waals surface area contributed by atoms with Crippen LogP contribution in [-0.4, -0.2) is 51.0 Å². The third kappa shape index (κ3) is 2.49. The number of aromatic nitrogens is 1. The number of hydrogen-bond donors (Lipinski definition) is 4. The first-order chi connectivity index (χ1) is 9.99. The van der Waals surface area contributed by atoms with Gasteiger partial charge in [-0.3, -0.25) is 0 Å². The molecule has 1 aromatic carbocycles. The number of H-pyrrole nitrogens is 1. The van der Waals surface area contributed by atoms with Crippen molar-refractivity contribution >= 4 is 22.5 Å². The van der Waals surface area contributed by atoms with E-state index in [1.54, 1.807) is 25.3 Å². The molecule has 1 aliphatic rings. The number of halogens is 1. The highest BCUT2D eigenvalue weighted by Crippen LogP contribution is 2.34. The summed E-state index contributed by atoms with van der Waals surface area (Å²) in [5.74, 6) is 0.412. The van der Waals surface area contributed by atoms with Gasteiger partial charge in [0.25, 0.3) is 0 Å². The molecule has 0 radical (unpaired) electrons. The van der Waals surface area contributed by atoms with Gasteiger partial charge in [-0.05, 0) is 19.1 Å². The fourth-order valence-electron chi connectivity index (χ4n) is 2.44. The van der Waals surface area contributed by atoms with Crippen molar-refractivity contribution < 1.29 is 24.8 Å². The van der Waals surface area contributed by atoms with E-state index in [0.717, 1.165) is 5.52 Å². The van der Waals surface area contributed by atoms with Crippen molar-refractivity contribution in [2.45, 2.75) is 37.6 Å². The van der Waals surface area contributed by atoms with Gasteiger partial charge in [0.15, 0.2) is 0 Å². The molecule has 7 heteroatoms. The minimum absolute atomic E-state index is 0.412. The summed E-state index contributed by atoms with van der Waals surface area (Å²) < 4.78 is 11.0. The van der Waals surface area contributed by atoms with Gasteiger partial charge in [0.05, 0.1) is 22.0 Å². The van der Waals surface area contributed by atoms with Crippen LogP contribution in [0.5, 0.6) is 5.75 Å². The maximum Gasteiger partial charge on any atom is 0.229 e. The van der Waals surface area contributed by atoms with Crippen LogP contribution in [-0.2, 0) is 4.74 Å². The third-order valence-electron chi connectivity index (χ3n) is 3.67. The Bertz CT molecular complexity index is 645. The Kier molecular flexibility index (Phi) is 3.81. The van der Waals surface area contributed by atoms with E-state index in [9.17, 15) is 15.3 Å². The fourth-order valence-corrected chi connectivity index (χ4v) is 2.71. The fraction of sp³-hybridized carbons (Fsp3) is 0.429. The second-order valence-corrected chi connectivity index (χ2v) is 5.52. The lowest BCUT2D eigenvalue weighted by Gasteiger charge is -2.38. The highest BCUT2D eigenvalue weighted by atomic mass is 35.5. The van der Waals surface area contributed by atoms with Crippen molar-refractivity contribution in [2.75, 3.05) is 0 Å². The molecular formula is C14H16ClNO5. The Morgan fingerprint density at radius 2 is 1.95 bits per heavy atom. The van der Waals surface area contributed by atoms with Crippen LogP contribution in [0.1, 0.15) is 6.92 Å². The molecule has 21 heavy (non-hydrogen) atoms. The summed E-state index contributed by atoms with van der Waals surface area (Å²) in [7, 11) is 0. The van der Waals surface area contributed by atoms with E-state index in [2.05, 4.69) is 4.98 Å². The summed E-state index contributed by atoms with van der Waals surface area (Å²) in [4.78, 5) is 3.01. The molecule has 0 bridgehead atoms. The van der Waals surface area contributed by atoms with Gasteiger partial charge in [0, 0.05) is 6.20 Å².